The molecule has 10 heteroatoms. The quantitative estimate of drug-likeness (QED) is 0.241. The molecule has 3 aromatic carbocycles. The fraction of sp³-hybridized carbons (Fsp3) is 0.0800. The highest BCUT2D eigenvalue weighted by atomic mass is 79.9. The molecule has 0 aliphatic heterocycles. The van der Waals surface area contributed by atoms with Crippen molar-refractivity contribution in [2.45, 2.75) is 0 Å². The molecule has 4 rings (SSSR count). The number of ketones is 1. The van der Waals surface area contributed by atoms with E-state index in [-0.39, 0.29) is 17.4 Å². The molecule has 2 N–H and O–H groups in total. The number of carboxylic acids is 1. The number of hydrogen-bond donors (Lipinski definition) is 2. The number of benzene rings is 3. The Bertz CT molecular complexity index is 1420. The van der Waals surface area contributed by atoms with Gasteiger partial charge >= 0.3 is 5.97 Å². The molecule has 0 spiro atoms. The third-order valence-corrected chi connectivity index (χ3v) is 6.21. The van der Waals surface area contributed by atoms with Crippen LogP contribution in [0.5, 0.6) is 11.5 Å². The van der Waals surface area contributed by atoms with Crippen LogP contribution in [0.3, 0.4) is 0 Å². The molecule has 1 aromatic heterocycles. The van der Waals surface area contributed by atoms with Crippen molar-refractivity contribution >= 4 is 66.2 Å². The summed E-state index contributed by atoms with van der Waals surface area (Å²) < 4.78 is 16.7. The summed E-state index contributed by atoms with van der Waals surface area (Å²) in [5.41, 5.74) is 2.05. The monoisotopic (exact) mass is 601 g/mol. The van der Waals surface area contributed by atoms with Gasteiger partial charge in [-0.1, -0.05) is 0 Å². The molecule has 178 valence electrons. The predicted molar refractivity (Wildman–Crippen MR) is 136 cm³/mol. The van der Waals surface area contributed by atoms with Crippen LogP contribution in [0.1, 0.15) is 26.3 Å². The number of carbonyl (C=O) groups is 3. The molecule has 0 bridgehead atoms. The maximum Gasteiger partial charge on any atom is 0.341 e. The highest BCUT2D eigenvalue weighted by molar-refractivity contribution is 9.11. The lowest BCUT2D eigenvalue weighted by atomic mass is 10.0. The summed E-state index contributed by atoms with van der Waals surface area (Å²) in [6.45, 7) is -0.526. The second-order valence-electron chi connectivity index (χ2n) is 7.32. The van der Waals surface area contributed by atoms with Crippen LogP contribution in [-0.4, -0.2) is 36.5 Å². The average molecular weight is 603 g/mol. The normalized spacial score (nSPS) is 10.7. The Morgan fingerprint density at radius 3 is 2.29 bits per heavy atom. The highest BCUT2D eigenvalue weighted by Crippen LogP contribution is 2.36. The lowest BCUT2D eigenvalue weighted by Crippen LogP contribution is -2.11. The smallest absolute Gasteiger partial charge is 0.341 e. The number of fused-ring (bicyclic) bond motifs is 1. The van der Waals surface area contributed by atoms with Crippen molar-refractivity contribution in [1.82, 2.24) is 0 Å². The number of anilines is 1. The summed E-state index contributed by atoms with van der Waals surface area (Å²) >= 11 is 6.64. The first-order valence-electron chi connectivity index (χ1n) is 10.1. The minimum atomic E-state index is -1.12. The number of nitrogens with one attached hydrogen (secondary N) is 1. The fourth-order valence-electron chi connectivity index (χ4n) is 3.35. The standard InChI is InChI=1S/C25H17Br2NO7/c1-33-16-5-2-13(3-6-16)25(32)28-15-4-7-21-17(10-15)18(11-34-21)23(31)14-8-19(26)24(20(27)9-14)35-12-22(29)30/h2-11H,12H2,1H3,(H,28,32)(H,29,30). The van der Waals surface area contributed by atoms with Crippen molar-refractivity contribution in [3.63, 3.8) is 0 Å². The zero-order valence-electron chi connectivity index (χ0n) is 18.1. The Balaban J connectivity index is 1.60. The van der Waals surface area contributed by atoms with Gasteiger partial charge in [0.25, 0.3) is 5.91 Å². The van der Waals surface area contributed by atoms with E-state index in [4.69, 9.17) is 19.0 Å². The zero-order valence-corrected chi connectivity index (χ0v) is 21.3. The second kappa shape index (κ2) is 10.3. The summed E-state index contributed by atoms with van der Waals surface area (Å²) in [4.78, 5) is 36.7. The lowest BCUT2D eigenvalue weighted by Gasteiger charge is -2.10. The molecular weight excluding hydrogens is 586 g/mol. The van der Waals surface area contributed by atoms with Gasteiger partial charge in [-0.15, -0.1) is 0 Å². The van der Waals surface area contributed by atoms with Crippen LogP contribution in [0, 0.1) is 0 Å². The number of hydrogen-bond acceptors (Lipinski definition) is 6. The first-order valence-corrected chi connectivity index (χ1v) is 11.7. The number of ether oxygens (including phenoxy) is 2. The number of aliphatic carboxylic acids is 1. The van der Waals surface area contributed by atoms with Crippen LogP contribution in [0.25, 0.3) is 11.0 Å². The summed E-state index contributed by atoms with van der Waals surface area (Å²) in [6.07, 6.45) is 1.36. The van der Waals surface area contributed by atoms with Crippen molar-refractivity contribution < 1.29 is 33.4 Å². The zero-order chi connectivity index (χ0) is 25.1. The van der Waals surface area contributed by atoms with E-state index in [1.54, 1.807) is 61.7 Å². The Hall–Kier alpha value is -3.63. The van der Waals surface area contributed by atoms with Gasteiger partial charge in [0.05, 0.1) is 21.6 Å². The molecule has 0 saturated carbocycles. The number of halogens is 2. The van der Waals surface area contributed by atoms with Gasteiger partial charge in [0.1, 0.15) is 23.3 Å². The van der Waals surface area contributed by atoms with Gasteiger partial charge in [0, 0.05) is 22.2 Å². The molecule has 1 amide bonds. The molecule has 0 aliphatic carbocycles. The third-order valence-electron chi connectivity index (χ3n) is 5.03. The topological polar surface area (TPSA) is 115 Å². The summed E-state index contributed by atoms with van der Waals surface area (Å²) in [6, 6.07) is 14.8. The number of methoxy groups -OCH3 is 1. The van der Waals surface area contributed by atoms with E-state index >= 15 is 0 Å². The molecule has 0 atom stereocenters. The van der Waals surface area contributed by atoms with Crippen LogP contribution in [-0.2, 0) is 4.79 Å². The van der Waals surface area contributed by atoms with Crippen molar-refractivity contribution in [2.24, 2.45) is 0 Å². The van der Waals surface area contributed by atoms with E-state index < -0.39 is 12.6 Å². The van der Waals surface area contributed by atoms with Crippen molar-refractivity contribution in [3.05, 3.63) is 86.5 Å². The van der Waals surface area contributed by atoms with E-state index in [1.807, 2.05) is 0 Å². The Kier molecular flexibility index (Phi) is 7.23. The van der Waals surface area contributed by atoms with Gasteiger partial charge in [0.2, 0.25) is 0 Å². The van der Waals surface area contributed by atoms with E-state index in [0.717, 1.165) is 0 Å². The Labute approximate surface area is 216 Å². The maximum absolute atomic E-state index is 13.3. The molecule has 0 saturated heterocycles. The first-order chi connectivity index (χ1) is 16.8. The number of rotatable bonds is 8. The first kappa shape index (κ1) is 24.5. The van der Waals surface area contributed by atoms with E-state index in [2.05, 4.69) is 37.2 Å². The maximum atomic E-state index is 13.3. The molecule has 0 radical (unpaired) electrons. The number of amides is 1. The molecule has 0 unspecified atom stereocenters. The Morgan fingerprint density at radius 2 is 1.66 bits per heavy atom. The fourth-order valence-corrected chi connectivity index (χ4v) is 4.76. The minimum absolute atomic E-state index is 0.268. The average Bonchev–Trinajstić information content (AvgIpc) is 3.26. The largest absolute Gasteiger partial charge is 0.497 e. The lowest BCUT2D eigenvalue weighted by molar-refractivity contribution is -0.139. The SMILES string of the molecule is COc1ccc(C(=O)Nc2ccc3occ(C(=O)c4cc(Br)c(OCC(=O)O)c(Br)c4)c3c2)cc1. The van der Waals surface area contributed by atoms with Gasteiger partial charge in [-0.3, -0.25) is 9.59 Å². The van der Waals surface area contributed by atoms with E-state index in [0.29, 0.717) is 48.0 Å². The van der Waals surface area contributed by atoms with Crippen molar-refractivity contribution in [3.8, 4) is 11.5 Å². The van der Waals surface area contributed by atoms with Crippen LogP contribution in [0.2, 0.25) is 0 Å². The van der Waals surface area contributed by atoms with E-state index in [1.165, 1.54) is 6.26 Å². The second-order valence-corrected chi connectivity index (χ2v) is 9.03. The van der Waals surface area contributed by atoms with E-state index in [9.17, 15) is 14.4 Å². The van der Waals surface area contributed by atoms with Gasteiger partial charge in [-0.2, -0.15) is 0 Å². The van der Waals surface area contributed by atoms with Gasteiger partial charge < -0.3 is 24.3 Å². The van der Waals surface area contributed by atoms with Gasteiger partial charge in [0.15, 0.2) is 12.4 Å². The van der Waals surface area contributed by atoms with Crippen molar-refractivity contribution in [2.75, 3.05) is 19.0 Å². The number of carboxylic acid groups (broad SMARTS) is 1. The molecule has 0 aliphatic rings. The molecule has 35 heavy (non-hydrogen) atoms. The van der Waals surface area contributed by atoms with Crippen LogP contribution in [0.15, 0.2) is 74.2 Å². The van der Waals surface area contributed by atoms with Gasteiger partial charge in [-0.05, 0) is 86.5 Å². The van der Waals surface area contributed by atoms with Crippen molar-refractivity contribution in [1.29, 1.82) is 0 Å². The van der Waals surface area contributed by atoms with Crippen LogP contribution >= 0.6 is 31.9 Å². The molecule has 0 fully saturated rings. The molecule has 4 aromatic rings. The number of carbonyl (C=O) groups excluding carboxylic acids is 2. The molecular formula is C25H17Br2NO7. The Morgan fingerprint density at radius 1 is 0.971 bits per heavy atom. The highest BCUT2D eigenvalue weighted by Gasteiger charge is 2.20. The molecule has 8 nitrogen and oxygen atoms in total. The van der Waals surface area contributed by atoms with Crippen LogP contribution < -0.4 is 14.8 Å². The van der Waals surface area contributed by atoms with Gasteiger partial charge in [-0.25, -0.2) is 4.79 Å². The summed E-state index contributed by atoms with van der Waals surface area (Å²) in [5, 5.41) is 12.2. The molecule has 1 heterocycles. The summed E-state index contributed by atoms with van der Waals surface area (Å²) in [7, 11) is 1.55. The summed E-state index contributed by atoms with van der Waals surface area (Å²) in [5.74, 6) is -0.848. The predicted octanol–water partition coefficient (Wildman–Crippen LogP) is 5.91. The third kappa shape index (κ3) is 5.39. The van der Waals surface area contributed by atoms with Crippen LogP contribution in [0.4, 0.5) is 5.69 Å². The number of furan rings is 1. The minimum Gasteiger partial charge on any atom is -0.497 e.